The van der Waals surface area contributed by atoms with Crippen LogP contribution in [0.25, 0.3) is 5.76 Å². The smallest absolute Gasteiger partial charge is 0.295 e. The van der Waals surface area contributed by atoms with Crippen LogP contribution in [0.5, 0.6) is 5.75 Å². The van der Waals surface area contributed by atoms with Crippen LogP contribution in [0.1, 0.15) is 61.6 Å². The van der Waals surface area contributed by atoms with Crippen LogP contribution in [-0.2, 0) is 27.8 Å². The number of ketones is 1. The highest BCUT2D eigenvalue weighted by atomic mass is 16.5. The van der Waals surface area contributed by atoms with Gasteiger partial charge in [-0.3, -0.25) is 9.59 Å². The van der Waals surface area contributed by atoms with Crippen molar-refractivity contribution in [2.24, 2.45) is 0 Å². The standard InChI is InChI=1S/C32H33NO4/c1-20-18-24-19-23(12-15-26(24)37-20)29(34)27-28(22-10-13-25(14-11-22)32(2,3)4)33(31(36)30(27)35)17-16-21-8-6-5-7-9-21/h5-15,19-20,28,34H,16-18H2,1-4H3/t20-,28+/m1/s1. The molecular weight excluding hydrogens is 462 g/mol. The van der Waals surface area contributed by atoms with Gasteiger partial charge in [0.05, 0.1) is 11.6 Å². The normalized spacial score (nSPS) is 20.7. The Kier molecular flexibility index (Phi) is 6.40. The molecule has 5 heteroatoms. The molecule has 0 spiro atoms. The molecule has 190 valence electrons. The lowest BCUT2D eigenvalue weighted by Gasteiger charge is -2.26. The Balaban J connectivity index is 1.58. The topological polar surface area (TPSA) is 66.8 Å². The van der Waals surface area contributed by atoms with Gasteiger partial charge in [-0.1, -0.05) is 75.4 Å². The van der Waals surface area contributed by atoms with E-state index in [4.69, 9.17) is 4.74 Å². The highest BCUT2D eigenvalue weighted by Gasteiger charge is 2.46. The Hall–Kier alpha value is -3.86. The Labute approximate surface area is 218 Å². The van der Waals surface area contributed by atoms with E-state index >= 15 is 0 Å². The molecule has 0 saturated carbocycles. The minimum atomic E-state index is -0.666. The molecule has 5 rings (SSSR count). The van der Waals surface area contributed by atoms with E-state index in [-0.39, 0.29) is 22.9 Å². The maximum atomic E-state index is 13.4. The number of aliphatic hydroxyl groups is 1. The number of ether oxygens (including phenoxy) is 1. The third-order valence-electron chi connectivity index (χ3n) is 7.29. The molecule has 37 heavy (non-hydrogen) atoms. The van der Waals surface area contributed by atoms with Crippen molar-refractivity contribution in [3.63, 3.8) is 0 Å². The summed E-state index contributed by atoms with van der Waals surface area (Å²) in [5, 5.41) is 11.5. The van der Waals surface area contributed by atoms with E-state index in [1.165, 1.54) is 0 Å². The quantitative estimate of drug-likeness (QED) is 0.269. The van der Waals surface area contributed by atoms with Crippen LogP contribution >= 0.6 is 0 Å². The van der Waals surface area contributed by atoms with E-state index < -0.39 is 17.7 Å². The molecule has 1 fully saturated rings. The summed E-state index contributed by atoms with van der Waals surface area (Å²) in [5.74, 6) is -0.587. The largest absolute Gasteiger partial charge is 0.507 e. The van der Waals surface area contributed by atoms with Crippen molar-refractivity contribution in [2.45, 2.75) is 58.1 Å². The number of nitrogens with zero attached hydrogens (tertiary/aromatic N) is 1. The number of carbonyl (C=O) groups is 2. The number of hydrogen-bond donors (Lipinski definition) is 1. The Morgan fingerprint density at radius 3 is 2.38 bits per heavy atom. The monoisotopic (exact) mass is 495 g/mol. The van der Waals surface area contributed by atoms with Crippen molar-refractivity contribution in [1.82, 2.24) is 4.90 Å². The summed E-state index contributed by atoms with van der Waals surface area (Å²) in [5.41, 5.74) is 4.66. The molecule has 2 aliphatic heterocycles. The van der Waals surface area contributed by atoms with E-state index in [9.17, 15) is 14.7 Å². The maximum absolute atomic E-state index is 13.4. The summed E-state index contributed by atoms with van der Waals surface area (Å²) in [6.07, 6.45) is 1.41. The summed E-state index contributed by atoms with van der Waals surface area (Å²) in [4.78, 5) is 28.3. The molecule has 3 aromatic carbocycles. The average Bonchev–Trinajstić information content (AvgIpc) is 3.37. The average molecular weight is 496 g/mol. The van der Waals surface area contributed by atoms with E-state index in [2.05, 4.69) is 20.8 Å². The highest BCUT2D eigenvalue weighted by molar-refractivity contribution is 6.46. The van der Waals surface area contributed by atoms with Gasteiger partial charge in [0.25, 0.3) is 11.7 Å². The van der Waals surface area contributed by atoms with E-state index in [0.717, 1.165) is 34.4 Å². The lowest BCUT2D eigenvalue weighted by molar-refractivity contribution is -0.139. The molecule has 2 heterocycles. The van der Waals surface area contributed by atoms with Crippen LogP contribution in [0.15, 0.2) is 78.4 Å². The molecule has 0 bridgehead atoms. The molecular formula is C32H33NO4. The fourth-order valence-corrected chi connectivity index (χ4v) is 5.24. The first-order valence-electron chi connectivity index (χ1n) is 12.9. The van der Waals surface area contributed by atoms with Crippen molar-refractivity contribution in [3.8, 4) is 5.75 Å². The van der Waals surface area contributed by atoms with Gasteiger partial charge in [-0.2, -0.15) is 0 Å². The van der Waals surface area contributed by atoms with Gasteiger partial charge in [0.2, 0.25) is 0 Å². The van der Waals surface area contributed by atoms with Crippen LogP contribution in [0.2, 0.25) is 0 Å². The van der Waals surface area contributed by atoms with Gasteiger partial charge >= 0.3 is 0 Å². The molecule has 0 radical (unpaired) electrons. The van der Waals surface area contributed by atoms with Gasteiger partial charge in [0, 0.05) is 18.5 Å². The van der Waals surface area contributed by atoms with Crippen LogP contribution in [0, 0.1) is 0 Å². The molecule has 1 N–H and O–H groups in total. The van der Waals surface area contributed by atoms with E-state index in [1.54, 1.807) is 11.0 Å². The predicted molar refractivity (Wildman–Crippen MR) is 145 cm³/mol. The second-order valence-corrected chi connectivity index (χ2v) is 11.1. The summed E-state index contributed by atoms with van der Waals surface area (Å²) in [7, 11) is 0. The Morgan fingerprint density at radius 2 is 1.70 bits per heavy atom. The molecule has 0 aliphatic carbocycles. The molecule has 1 amide bonds. The van der Waals surface area contributed by atoms with Crippen LogP contribution in [-0.4, -0.2) is 34.3 Å². The first-order valence-corrected chi connectivity index (χ1v) is 12.9. The van der Waals surface area contributed by atoms with E-state index in [0.29, 0.717) is 18.5 Å². The molecule has 3 aromatic rings. The molecule has 2 atom stereocenters. The number of carbonyl (C=O) groups excluding carboxylic acids is 2. The third kappa shape index (κ3) is 4.78. The first kappa shape index (κ1) is 24.8. The summed E-state index contributed by atoms with van der Waals surface area (Å²) < 4.78 is 5.80. The zero-order valence-electron chi connectivity index (χ0n) is 21.8. The molecule has 5 nitrogen and oxygen atoms in total. The second kappa shape index (κ2) is 9.55. The summed E-state index contributed by atoms with van der Waals surface area (Å²) >= 11 is 0. The second-order valence-electron chi connectivity index (χ2n) is 11.1. The lowest BCUT2D eigenvalue weighted by Crippen LogP contribution is -2.31. The van der Waals surface area contributed by atoms with Crippen molar-refractivity contribution in [2.75, 3.05) is 6.54 Å². The first-order chi connectivity index (χ1) is 17.6. The van der Waals surface area contributed by atoms with Crippen molar-refractivity contribution in [3.05, 3.63) is 106 Å². The van der Waals surface area contributed by atoms with Crippen molar-refractivity contribution in [1.29, 1.82) is 0 Å². The number of rotatable bonds is 5. The molecule has 0 aromatic heterocycles. The van der Waals surface area contributed by atoms with Crippen LogP contribution in [0.3, 0.4) is 0 Å². The number of aliphatic hydroxyl groups excluding tert-OH is 1. The third-order valence-corrected chi connectivity index (χ3v) is 7.29. The highest BCUT2D eigenvalue weighted by Crippen LogP contribution is 2.41. The minimum absolute atomic E-state index is 0.0305. The Morgan fingerprint density at radius 1 is 1.00 bits per heavy atom. The number of hydrogen-bond acceptors (Lipinski definition) is 4. The maximum Gasteiger partial charge on any atom is 0.295 e. The number of fused-ring (bicyclic) bond motifs is 1. The van der Waals surface area contributed by atoms with Crippen molar-refractivity contribution < 1.29 is 19.4 Å². The molecule has 1 saturated heterocycles. The fourth-order valence-electron chi connectivity index (χ4n) is 5.24. The van der Waals surface area contributed by atoms with Gasteiger partial charge in [-0.25, -0.2) is 0 Å². The van der Waals surface area contributed by atoms with Crippen molar-refractivity contribution >= 4 is 17.4 Å². The van der Waals surface area contributed by atoms with Gasteiger partial charge in [-0.05, 0) is 59.2 Å². The van der Waals surface area contributed by atoms with Gasteiger partial charge in [0.1, 0.15) is 17.6 Å². The number of benzene rings is 3. The van der Waals surface area contributed by atoms with E-state index in [1.807, 2.05) is 73.7 Å². The predicted octanol–water partition coefficient (Wildman–Crippen LogP) is 5.97. The molecule has 0 unspecified atom stereocenters. The van der Waals surface area contributed by atoms with Gasteiger partial charge < -0.3 is 14.7 Å². The minimum Gasteiger partial charge on any atom is -0.507 e. The SMILES string of the molecule is C[C@@H]1Cc2cc(C(O)=C3C(=O)C(=O)N(CCc4ccccc4)[C@H]3c3ccc(C(C)(C)C)cc3)ccc2O1. The number of Topliss-reactive ketones (excluding diaryl/α,β-unsaturated/α-hetero) is 1. The van der Waals surface area contributed by atoms with Gasteiger partial charge in [0.15, 0.2) is 0 Å². The number of amides is 1. The lowest BCUT2D eigenvalue weighted by atomic mass is 9.85. The van der Waals surface area contributed by atoms with Crippen LogP contribution < -0.4 is 4.74 Å². The van der Waals surface area contributed by atoms with Gasteiger partial charge in [-0.15, -0.1) is 0 Å². The number of likely N-dealkylation sites (tertiary alicyclic amines) is 1. The molecule has 2 aliphatic rings. The Bertz CT molecular complexity index is 1370. The summed E-state index contributed by atoms with van der Waals surface area (Å²) in [6.45, 7) is 8.80. The summed E-state index contributed by atoms with van der Waals surface area (Å²) in [6, 6.07) is 22.7. The zero-order chi connectivity index (χ0) is 26.3. The fraction of sp³-hybridized carbons (Fsp3) is 0.312. The zero-order valence-corrected chi connectivity index (χ0v) is 21.8. The van der Waals surface area contributed by atoms with Crippen LogP contribution in [0.4, 0.5) is 0 Å².